The molecule has 1 N–H and O–H groups in total. The van der Waals surface area contributed by atoms with E-state index in [0.717, 1.165) is 10.4 Å². The van der Waals surface area contributed by atoms with E-state index >= 15 is 0 Å². The summed E-state index contributed by atoms with van der Waals surface area (Å²) in [7, 11) is 0. The summed E-state index contributed by atoms with van der Waals surface area (Å²) in [4.78, 5) is 29.2. The highest BCUT2D eigenvalue weighted by Gasteiger charge is 2.16. The molecule has 0 aromatic carbocycles. The Kier molecular flexibility index (Phi) is 6.72. The van der Waals surface area contributed by atoms with Gasteiger partial charge in [0.2, 0.25) is 5.91 Å². The largest absolute Gasteiger partial charge is 0.351 e. The SMILES string of the molecule is C=CCn1c(SCC(=O)c2ccc(CNC(C)=O)s2)nnc1-c1ccncc1. The van der Waals surface area contributed by atoms with Crippen molar-refractivity contribution in [2.45, 2.75) is 25.2 Å². The molecule has 0 saturated heterocycles. The number of nitrogens with zero attached hydrogens (tertiary/aromatic N) is 4. The molecule has 0 unspecified atom stereocenters. The lowest BCUT2D eigenvalue weighted by molar-refractivity contribution is -0.119. The van der Waals surface area contributed by atoms with Crippen LogP contribution in [0.5, 0.6) is 0 Å². The van der Waals surface area contributed by atoms with Gasteiger partial charge in [0.1, 0.15) is 0 Å². The number of allylic oxidation sites excluding steroid dienone is 1. The molecule has 3 aromatic heterocycles. The van der Waals surface area contributed by atoms with Gasteiger partial charge in [0.05, 0.1) is 17.2 Å². The maximum atomic E-state index is 12.5. The maximum absolute atomic E-state index is 12.5. The summed E-state index contributed by atoms with van der Waals surface area (Å²) in [5.74, 6) is 0.892. The maximum Gasteiger partial charge on any atom is 0.217 e. The van der Waals surface area contributed by atoms with Crippen LogP contribution in [0, 0.1) is 0 Å². The van der Waals surface area contributed by atoms with Crippen molar-refractivity contribution in [2.75, 3.05) is 5.75 Å². The van der Waals surface area contributed by atoms with Crippen LogP contribution in [0.3, 0.4) is 0 Å². The number of hydrogen-bond acceptors (Lipinski definition) is 7. The van der Waals surface area contributed by atoms with Gasteiger partial charge in [-0.05, 0) is 24.3 Å². The number of thiophene rings is 1. The summed E-state index contributed by atoms with van der Waals surface area (Å²) in [6.07, 6.45) is 5.18. The Balaban J connectivity index is 1.69. The van der Waals surface area contributed by atoms with Gasteiger partial charge in [0.25, 0.3) is 0 Å². The molecule has 0 saturated carbocycles. The Morgan fingerprint density at radius 1 is 1.25 bits per heavy atom. The fourth-order valence-electron chi connectivity index (χ4n) is 2.44. The molecule has 0 bridgehead atoms. The van der Waals surface area contributed by atoms with Crippen LogP contribution in [0.4, 0.5) is 0 Å². The molecule has 0 atom stereocenters. The normalized spacial score (nSPS) is 10.6. The zero-order chi connectivity index (χ0) is 19.9. The second kappa shape index (κ2) is 9.43. The van der Waals surface area contributed by atoms with Crippen molar-refractivity contribution in [3.05, 3.63) is 59.1 Å². The lowest BCUT2D eigenvalue weighted by Crippen LogP contribution is -2.18. The zero-order valence-corrected chi connectivity index (χ0v) is 16.9. The molecule has 28 heavy (non-hydrogen) atoms. The number of rotatable bonds is 9. The van der Waals surface area contributed by atoms with Crippen molar-refractivity contribution in [3.63, 3.8) is 0 Å². The van der Waals surface area contributed by atoms with E-state index in [1.807, 2.05) is 22.8 Å². The summed E-state index contributed by atoms with van der Waals surface area (Å²) in [5.41, 5.74) is 0.906. The fraction of sp³-hybridized carbons (Fsp3) is 0.211. The van der Waals surface area contributed by atoms with E-state index in [1.54, 1.807) is 24.5 Å². The van der Waals surface area contributed by atoms with E-state index in [1.165, 1.54) is 30.0 Å². The first kappa shape index (κ1) is 20.0. The molecule has 0 spiro atoms. The van der Waals surface area contributed by atoms with Crippen LogP contribution in [0.15, 0.2) is 54.5 Å². The predicted molar refractivity (Wildman–Crippen MR) is 110 cm³/mol. The Morgan fingerprint density at radius 2 is 2.04 bits per heavy atom. The second-order valence-electron chi connectivity index (χ2n) is 5.83. The molecule has 0 radical (unpaired) electrons. The summed E-state index contributed by atoms with van der Waals surface area (Å²) < 4.78 is 1.93. The number of carbonyl (C=O) groups excluding carboxylic acids is 2. The first-order valence-electron chi connectivity index (χ1n) is 8.52. The van der Waals surface area contributed by atoms with Crippen LogP contribution in [0.25, 0.3) is 11.4 Å². The van der Waals surface area contributed by atoms with Crippen LogP contribution in [0.1, 0.15) is 21.5 Å². The number of aromatic nitrogens is 4. The van der Waals surface area contributed by atoms with E-state index in [-0.39, 0.29) is 17.4 Å². The monoisotopic (exact) mass is 413 g/mol. The van der Waals surface area contributed by atoms with Gasteiger partial charge in [-0.1, -0.05) is 17.8 Å². The van der Waals surface area contributed by atoms with Crippen molar-refractivity contribution in [3.8, 4) is 11.4 Å². The Bertz CT molecular complexity index is 981. The van der Waals surface area contributed by atoms with Crippen LogP contribution < -0.4 is 5.32 Å². The molecule has 3 heterocycles. The molecule has 0 aliphatic rings. The molecule has 0 aliphatic heterocycles. The highest BCUT2D eigenvalue weighted by molar-refractivity contribution is 7.99. The first-order valence-corrected chi connectivity index (χ1v) is 10.3. The van der Waals surface area contributed by atoms with Gasteiger partial charge in [0, 0.05) is 36.3 Å². The van der Waals surface area contributed by atoms with Crippen molar-refractivity contribution in [2.24, 2.45) is 0 Å². The Hall–Kier alpha value is -2.78. The molecule has 0 aliphatic carbocycles. The summed E-state index contributed by atoms with van der Waals surface area (Å²) in [5, 5.41) is 11.9. The Labute approximate surface area is 170 Å². The standard InChI is InChI=1S/C19H19N5O2S2/c1-3-10-24-18(14-6-8-20-9-7-14)22-23-19(24)27-12-16(26)17-5-4-15(28-17)11-21-13(2)25/h3-9H,1,10-12H2,2H3,(H,21,25). The number of Topliss-reactive ketones (excluding diaryl/α,β-unsaturated/α-hetero) is 1. The fourth-order valence-corrected chi connectivity index (χ4v) is 4.25. The van der Waals surface area contributed by atoms with Crippen LogP contribution in [0.2, 0.25) is 0 Å². The summed E-state index contributed by atoms with van der Waals surface area (Å²) in [6.45, 7) is 6.24. The van der Waals surface area contributed by atoms with Crippen molar-refractivity contribution >= 4 is 34.8 Å². The van der Waals surface area contributed by atoms with Crippen molar-refractivity contribution in [1.29, 1.82) is 0 Å². The van der Waals surface area contributed by atoms with Crippen LogP contribution in [-0.4, -0.2) is 37.2 Å². The van der Waals surface area contributed by atoms with Gasteiger partial charge in [-0.2, -0.15) is 0 Å². The number of pyridine rings is 1. The van der Waals surface area contributed by atoms with Gasteiger partial charge < -0.3 is 5.32 Å². The smallest absolute Gasteiger partial charge is 0.217 e. The molecule has 1 amide bonds. The molecular formula is C19H19N5O2S2. The molecule has 3 aromatic rings. The van der Waals surface area contributed by atoms with Crippen molar-refractivity contribution in [1.82, 2.24) is 25.1 Å². The van der Waals surface area contributed by atoms with E-state index < -0.39 is 0 Å². The topological polar surface area (TPSA) is 89.8 Å². The molecule has 7 nitrogen and oxygen atoms in total. The summed E-state index contributed by atoms with van der Waals surface area (Å²) >= 11 is 2.74. The third-order valence-corrected chi connectivity index (χ3v) is 5.84. The quantitative estimate of drug-likeness (QED) is 0.329. The minimum Gasteiger partial charge on any atom is -0.351 e. The minimum absolute atomic E-state index is 0.0164. The number of thioether (sulfide) groups is 1. The second-order valence-corrected chi connectivity index (χ2v) is 7.94. The van der Waals surface area contributed by atoms with E-state index in [4.69, 9.17) is 0 Å². The van der Waals surface area contributed by atoms with Crippen LogP contribution in [-0.2, 0) is 17.9 Å². The van der Waals surface area contributed by atoms with Gasteiger partial charge in [-0.15, -0.1) is 28.1 Å². The van der Waals surface area contributed by atoms with Crippen LogP contribution >= 0.6 is 23.1 Å². The number of ketones is 1. The van der Waals surface area contributed by atoms with E-state index in [9.17, 15) is 9.59 Å². The lowest BCUT2D eigenvalue weighted by atomic mass is 10.2. The lowest BCUT2D eigenvalue weighted by Gasteiger charge is -2.07. The van der Waals surface area contributed by atoms with Gasteiger partial charge >= 0.3 is 0 Å². The molecule has 144 valence electrons. The highest BCUT2D eigenvalue weighted by Crippen LogP contribution is 2.25. The third kappa shape index (κ3) is 4.93. The minimum atomic E-state index is -0.0941. The van der Waals surface area contributed by atoms with E-state index in [0.29, 0.717) is 28.9 Å². The van der Waals surface area contributed by atoms with Gasteiger partial charge in [-0.25, -0.2) is 0 Å². The molecule has 0 fully saturated rings. The first-order chi connectivity index (χ1) is 13.6. The Morgan fingerprint density at radius 3 is 2.75 bits per heavy atom. The third-order valence-electron chi connectivity index (χ3n) is 3.75. The number of amides is 1. The summed E-state index contributed by atoms with van der Waals surface area (Å²) in [6, 6.07) is 7.39. The number of hydrogen-bond donors (Lipinski definition) is 1. The average molecular weight is 414 g/mol. The number of nitrogens with one attached hydrogen (secondary N) is 1. The predicted octanol–water partition coefficient (Wildman–Crippen LogP) is 3.20. The zero-order valence-electron chi connectivity index (χ0n) is 15.3. The molecule has 9 heteroatoms. The van der Waals surface area contributed by atoms with Gasteiger partial charge in [0.15, 0.2) is 16.8 Å². The number of carbonyl (C=O) groups is 2. The highest BCUT2D eigenvalue weighted by atomic mass is 32.2. The molecule has 3 rings (SSSR count). The van der Waals surface area contributed by atoms with Crippen molar-refractivity contribution < 1.29 is 9.59 Å². The van der Waals surface area contributed by atoms with Gasteiger partial charge in [-0.3, -0.25) is 19.1 Å². The molecular weight excluding hydrogens is 394 g/mol. The van der Waals surface area contributed by atoms with E-state index in [2.05, 4.69) is 27.1 Å². The average Bonchev–Trinajstić information content (AvgIpc) is 3.33.